The monoisotopic (exact) mass is 226 g/mol. The number of hydrogen-bond donors (Lipinski definition) is 1. The average Bonchev–Trinajstić information content (AvgIpc) is 2.74. The summed E-state index contributed by atoms with van der Waals surface area (Å²) < 4.78 is 10.6. The largest absolute Gasteiger partial charge is 0.478 e. The van der Waals surface area contributed by atoms with Gasteiger partial charge in [-0.05, 0) is 13.3 Å². The summed E-state index contributed by atoms with van der Waals surface area (Å²) in [6.07, 6.45) is 2.85. The number of carboxylic acids is 1. The third kappa shape index (κ3) is 2.66. The van der Waals surface area contributed by atoms with Crippen molar-refractivity contribution >= 4 is 12.0 Å². The highest BCUT2D eigenvalue weighted by atomic mass is 16.5. The maximum absolute atomic E-state index is 10.3. The molecule has 1 rings (SSSR count). The average molecular weight is 226 g/mol. The summed E-state index contributed by atoms with van der Waals surface area (Å²) in [5.41, 5.74) is -0.637. The second-order valence-electron chi connectivity index (χ2n) is 3.41. The standard InChI is InChI=1S/C10H14N2O4/c1-4-10(2,15-3)9-12-11-7(16-9)5-6-8(13)14/h5-6H,4H2,1-3H3,(H,13,14)/b6-5+. The van der Waals surface area contributed by atoms with E-state index in [0.29, 0.717) is 12.3 Å². The van der Waals surface area contributed by atoms with Gasteiger partial charge >= 0.3 is 5.97 Å². The minimum absolute atomic E-state index is 0.147. The Balaban J connectivity index is 2.90. The van der Waals surface area contributed by atoms with Gasteiger partial charge in [-0.3, -0.25) is 0 Å². The van der Waals surface area contributed by atoms with Gasteiger partial charge in [0.25, 0.3) is 0 Å². The molecule has 1 aromatic heterocycles. The molecule has 1 N–H and O–H groups in total. The van der Waals surface area contributed by atoms with Crippen molar-refractivity contribution in [1.29, 1.82) is 0 Å². The third-order valence-corrected chi connectivity index (χ3v) is 2.39. The van der Waals surface area contributed by atoms with E-state index in [2.05, 4.69) is 10.2 Å². The topological polar surface area (TPSA) is 85.5 Å². The lowest BCUT2D eigenvalue weighted by molar-refractivity contribution is -0.131. The van der Waals surface area contributed by atoms with Gasteiger partial charge in [0, 0.05) is 19.3 Å². The number of aliphatic carboxylic acids is 1. The van der Waals surface area contributed by atoms with Gasteiger partial charge in [0.15, 0.2) is 0 Å². The van der Waals surface area contributed by atoms with E-state index in [1.807, 2.05) is 13.8 Å². The molecular weight excluding hydrogens is 212 g/mol. The van der Waals surface area contributed by atoms with E-state index in [-0.39, 0.29) is 5.89 Å². The molecule has 1 atom stereocenters. The van der Waals surface area contributed by atoms with Crippen LogP contribution in [0.2, 0.25) is 0 Å². The Morgan fingerprint density at radius 1 is 1.62 bits per heavy atom. The summed E-state index contributed by atoms with van der Waals surface area (Å²) in [6, 6.07) is 0. The minimum atomic E-state index is -1.07. The van der Waals surface area contributed by atoms with E-state index < -0.39 is 11.6 Å². The number of ether oxygens (including phenoxy) is 1. The molecule has 0 aromatic carbocycles. The molecule has 1 aromatic rings. The van der Waals surface area contributed by atoms with Crippen molar-refractivity contribution < 1.29 is 19.1 Å². The van der Waals surface area contributed by atoms with Crippen LogP contribution in [0.3, 0.4) is 0 Å². The fourth-order valence-corrected chi connectivity index (χ4v) is 1.04. The Bertz CT molecular complexity index is 393. The number of nitrogens with zero attached hydrogens (tertiary/aromatic N) is 2. The predicted molar refractivity (Wildman–Crippen MR) is 55.6 cm³/mol. The number of carboxylic acid groups (broad SMARTS) is 1. The molecule has 0 amide bonds. The molecule has 0 bridgehead atoms. The van der Waals surface area contributed by atoms with Crippen LogP contribution >= 0.6 is 0 Å². The van der Waals surface area contributed by atoms with Crippen molar-refractivity contribution in [3.05, 3.63) is 17.9 Å². The highest BCUT2D eigenvalue weighted by molar-refractivity contribution is 5.84. The van der Waals surface area contributed by atoms with Gasteiger partial charge in [-0.2, -0.15) is 0 Å². The highest BCUT2D eigenvalue weighted by Crippen LogP contribution is 2.26. The van der Waals surface area contributed by atoms with Gasteiger partial charge in [-0.1, -0.05) is 6.92 Å². The first-order valence-corrected chi connectivity index (χ1v) is 4.82. The van der Waals surface area contributed by atoms with Crippen LogP contribution in [0.25, 0.3) is 6.08 Å². The maximum atomic E-state index is 10.3. The number of aromatic nitrogens is 2. The zero-order valence-electron chi connectivity index (χ0n) is 9.43. The number of rotatable bonds is 5. The van der Waals surface area contributed by atoms with E-state index in [1.54, 1.807) is 7.11 Å². The van der Waals surface area contributed by atoms with Crippen molar-refractivity contribution in [2.24, 2.45) is 0 Å². The van der Waals surface area contributed by atoms with Crippen LogP contribution in [0.4, 0.5) is 0 Å². The molecule has 0 aliphatic rings. The van der Waals surface area contributed by atoms with Crippen LogP contribution in [0, 0.1) is 0 Å². The second-order valence-corrected chi connectivity index (χ2v) is 3.41. The maximum Gasteiger partial charge on any atom is 0.328 e. The summed E-state index contributed by atoms with van der Waals surface area (Å²) in [7, 11) is 1.56. The van der Waals surface area contributed by atoms with E-state index >= 15 is 0 Å². The molecule has 0 saturated carbocycles. The number of hydrogen-bond acceptors (Lipinski definition) is 5. The van der Waals surface area contributed by atoms with Crippen molar-refractivity contribution in [2.75, 3.05) is 7.11 Å². The molecule has 0 fully saturated rings. The summed E-state index contributed by atoms with van der Waals surface area (Å²) in [6.45, 7) is 3.76. The third-order valence-electron chi connectivity index (χ3n) is 2.39. The minimum Gasteiger partial charge on any atom is -0.478 e. The predicted octanol–water partition coefficient (Wildman–Crippen LogP) is 1.44. The zero-order chi connectivity index (χ0) is 12.2. The summed E-state index contributed by atoms with van der Waals surface area (Å²) >= 11 is 0. The van der Waals surface area contributed by atoms with Gasteiger partial charge in [0.1, 0.15) is 5.60 Å². The molecule has 6 nitrogen and oxygen atoms in total. The Labute approximate surface area is 92.9 Å². The van der Waals surface area contributed by atoms with E-state index in [0.717, 1.165) is 6.08 Å². The lowest BCUT2D eigenvalue weighted by Gasteiger charge is -2.21. The molecule has 1 unspecified atom stereocenters. The highest BCUT2D eigenvalue weighted by Gasteiger charge is 2.30. The Morgan fingerprint density at radius 2 is 2.31 bits per heavy atom. The van der Waals surface area contributed by atoms with Crippen LogP contribution in [-0.4, -0.2) is 28.4 Å². The quantitative estimate of drug-likeness (QED) is 0.764. The lowest BCUT2D eigenvalue weighted by atomic mass is 10.0. The number of carbonyl (C=O) groups is 1. The molecule has 0 aliphatic heterocycles. The molecule has 6 heteroatoms. The van der Waals surface area contributed by atoms with Gasteiger partial charge in [-0.25, -0.2) is 4.79 Å². The van der Waals surface area contributed by atoms with Crippen LogP contribution in [0.1, 0.15) is 32.0 Å². The first-order chi connectivity index (χ1) is 7.51. The zero-order valence-corrected chi connectivity index (χ0v) is 9.43. The summed E-state index contributed by atoms with van der Waals surface area (Å²) in [5, 5.41) is 16.0. The lowest BCUT2D eigenvalue weighted by Crippen LogP contribution is -2.23. The Morgan fingerprint density at radius 3 is 2.81 bits per heavy atom. The summed E-state index contributed by atoms with van der Waals surface area (Å²) in [5.74, 6) is -0.582. The van der Waals surface area contributed by atoms with Crippen LogP contribution in [0.5, 0.6) is 0 Å². The van der Waals surface area contributed by atoms with Gasteiger partial charge in [0.2, 0.25) is 11.8 Å². The van der Waals surface area contributed by atoms with Crippen molar-refractivity contribution in [3.63, 3.8) is 0 Å². The second kappa shape index (κ2) is 4.89. The molecule has 0 saturated heterocycles. The van der Waals surface area contributed by atoms with E-state index in [9.17, 15) is 4.79 Å². The van der Waals surface area contributed by atoms with Crippen molar-refractivity contribution in [3.8, 4) is 0 Å². The summed E-state index contributed by atoms with van der Waals surface area (Å²) in [4.78, 5) is 10.3. The van der Waals surface area contributed by atoms with Crippen LogP contribution in [-0.2, 0) is 15.1 Å². The van der Waals surface area contributed by atoms with Crippen molar-refractivity contribution in [1.82, 2.24) is 10.2 Å². The number of methoxy groups -OCH3 is 1. The normalized spacial score (nSPS) is 15.2. The molecular formula is C10H14N2O4. The fourth-order valence-electron chi connectivity index (χ4n) is 1.04. The molecule has 88 valence electrons. The fraction of sp³-hybridized carbons (Fsp3) is 0.500. The first-order valence-electron chi connectivity index (χ1n) is 4.82. The molecule has 0 aliphatic carbocycles. The smallest absolute Gasteiger partial charge is 0.328 e. The van der Waals surface area contributed by atoms with Crippen LogP contribution in [0.15, 0.2) is 10.5 Å². The first kappa shape index (κ1) is 12.4. The SMILES string of the molecule is CCC(C)(OC)c1nnc(/C=C/C(=O)O)o1. The molecule has 0 spiro atoms. The van der Waals surface area contributed by atoms with Gasteiger partial charge in [0.05, 0.1) is 0 Å². The van der Waals surface area contributed by atoms with Gasteiger partial charge in [-0.15, -0.1) is 10.2 Å². The Kier molecular flexibility index (Phi) is 3.78. The van der Waals surface area contributed by atoms with E-state index in [1.165, 1.54) is 6.08 Å². The van der Waals surface area contributed by atoms with Gasteiger partial charge < -0.3 is 14.3 Å². The van der Waals surface area contributed by atoms with Crippen molar-refractivity contribution in [2.45, 2.75) is 25.9 Å². The van der Waals surface area contributed by atoms with Crippen LogP contribution < -0.4 is 0 Å². The molecule has 16 heavy (non-hydrogen) atoms. The van der Waals surface area contributed by atoms with E-state index in [4.69, 9.17) is 14.3 Å². The molecule has 1 heterocycles. The Hall–Kier alpha value is -1.69. The molecule has 0 radical (unpaired) electrons.